The summed E-state index contributed by atoms with van der Waals surface area (Å²) in [6.07, 6.45) is 11.4. The molecule has 0 radical (unpaired) electrons. The van der Waals surface area contributed by atoms with Crippen LogP contribution in [0.4, 0.5) is 4.79 Å². The molecule has 132 valence electrons. The van der Waals surface area contributed by atoms with Crippen molar-refractivity contribution >= 4 is 97.5 Å². The van der Waals surface area contributed by atoms with Gasteiger partial charge in [-0.15, -0.1) is 0 Å². The van der Waals surface area contributed by atoms with Crippen LogP contribution in [0.15, 0.2) is 0 Å². The summed E-state index contributed by atoms with van der Waals surface area (Å²) in [7, 11) is -4.67. The molecule has 0 fully saturated rings. The van der Waals surface area contributed by atoms with Crippen LogP contribution in [-0.2, 0) is 15.1 Å². The summed E-state index contributed by atoms with van der Waals surface area (Å²) in [5.74, 6) is 0. The monoisotopic (exact) mass is 392 g/mol. The second kappa shape index (κ2) is 23.8. The molecule has 0 saturated carbocycles. The van der Waals surface area contributed by atoms with Gasteiger partial charge >= 0.3 is 97.5 Å². The van der Waals surface area contributed by atoms with Crippen LogP contribution < -0.4 is 0 Å². The molecule has 0 aliphatic carbocycles. The van der Waals surface area contributed by atoms with E-state index in [2.05, 4.69) is 11.7 Å². The van der Waals surface area contributed by atoms with E-state index in [1.54, 1.807) is 0 Å². The van der Waals surface area contributed by atoms with Crippen LogP contribution in [0.25, 0.3) is 0 Å². The van der Waals surface area contributed by atoms with Crippen LogP contribution in [0.1, 0.15) is 71.1 Å². The molecule has 0 heterocycles. The van der Waals surface area contributed by atoms with Crippen LogP contribution in [-0.4, -0.2) is 116 Å². The van der Waals surface area contributed by atoms with Gasteiger partial charge in [0.1, 0.15) is 0 Å². The fraction of sp³-hybridized carbons (Fsp3) is 0.923. The molecule has 23 heavy (non-hydrogen) atoms. The number of carbonyl (C=O) groups is 1. The number of rotatable bonds is 11. The van der Waals surface area contributed by atoms with E-state index >= 15 is 0 Å². The number of unbranched alkanes of at least 4 members (excludes halogenated alkanes) is 9. The normalized spacial score (nSPS) is 9.70. The summed E-state index contributed by atoms with van der Waals surface area (Å²) in [5.41, 5.74) is 0. The summed E-state index contributed by atoms with van der Waals surface area (Å²) in [5, 5.41) is 8.23. The average molecular weight is 393 g/mol. The van der Waals surface area contributed by atoms with E-state index in [4.69, 9.17) is 22.6 Å². The molecule has 3 N–H and O–H groups in total. The van der Waals surface area contributed by atoms with Gasteiger partial charge in [-0.3, -0.25) is 9.11 Å². The predicted molar refractivity (Wildman–Crippen MR) is 94.3 cm³/mol. The van der Waals surface area contributed by atoms with Crippen molar-refractivity contribution in [2.24, 2.45) is 0 Å². The Balaban J connectivity index is -0.000000225. The average Bonchev–Trinajstić information content (AvgIpc) is 2.33. The quantitative estimate of drug-likeness (QED) is 0.214. The van der Waals surface area contributed by atoms with E-state index in [0.29, 0.717) is 6.61 Å². The van der Waals surface area contributed by atoms with Gasteiger partial charge in [0.05, 0.1) is 6.61 Å². The summed E-state index contributed by atoms with van der Waals surface area (Å²) in [4.78, 5) is 10.0. The van der Waals surface area contributed by atoms with Crippen molar-refractivity contribution in [3.8, 4) is 0 Å². The van der Waals surface area contributed by atoms with Crippen LogP contribution in [0.5, 0.6) is 0 Å². The first kappa shape index (κ1) is 32.4. The Labute approximate surface area is 204 Å². The van der Waals surface area contributed by atoms with E-state index in [9.17, 15) is 4.79 Å². The molecule has 10 heteroatoms. The molecule has 0 unspecified atom stereocenters. The number of hydrogen-bond donors (Lipinski definition) is 3. The van der Waals surface area contributed by atoms with Gasteiger partial charge in [-0.05, 0) is 6.42 Å². The Morgan fingerprint density at radius 1 is 0.870 bits per heavy atom. The molecule has 0 aromatic heterocycles. The first-order chi connectivity index (χ1) is 9.77. The summed E-state index contributed by atoms with van der Waals surface area (Å²) in [6, 6.07) is 0. The van der Waals surface area contributed by atoms with E-state index in [0.717, 1.165) is 12.8 Å². The molecule has 0 rings (SSSR count). The summed E-state index contributed by atoms with van der Waals surface area (Å²) < 4.78 is 36.0. The zero-order valence-corrected chi connectivity index (χ0v) is 13.5. The van der Waals surface area contributed by atoms with Crippen molar-refractivity contribution < 1.29 is 32.2 Å². The van der Waals surface area contributed by atoms with Gasteiger partial charge in [-0.2, -0.15) is 8.42 Å². The van der Waals surface area contributed by atoms with Gasteiger partial charge < -0.3 is 9.84 Å². The molecule has 0 amide bonds. The fourth-order valence-corrected chi connectivity index (χ4v) is 1.75. The Bertz CT molecular complexity index is 331. The van der Waals surface area contributed by atoms with Crippen LogP contribution in [0.3, 0.4) is 0 Å². The third kappa shape index (κ3) is 51.6. The summed E-state index contributed by atoms with van der Waals surface area (Å²) in [6.45, 7) is 2.59. The second-order valence-corrected chi connectivity index (χ2v) is 5.64. The minimum absolute atomic E-state index is 0. The van der Waals surface area contributed by atoms with E-state index in [-0.39, 0.29) is 80.9 Å². The molecule has 0 spiro atoms. The van der Waals surface area contributed by atoms with Crippen LogP contribution >= 0.6 is 0 Å². The minimum atomic E-state index is -4.67. The SMILES string of the molecule is CCCCCCCCCCCCOC(=O)O.O=S(=O)(O)O.[KH].[NaH]. The molecule has 0 bridgehead atoms. The number of ether oxygens (including phenoxy) is 1. The second-order valence-electron chi connectivity index (χ2n) is 4.74. The van der Waals surface area contributed by atoms with Crippen molar-refractivity contribution in [1.29, 1.82) is 0 Å². The van der Waals surface area contributed by atoms with Crippen molar-refractivity contribution in [1.82, 2.24) is 0 Å². The zero-order chi connectivity index (χ0) is 16.6. The maximum atomic E-state index is 10.0. The standard InChI is InChI=1S/C13H26O3.K.Na.H2O4S.2H/c1-2-3-4-5-6-7-8-9-10-11-12-16-13(14)15;;;1-5(2,3)4;;/h2-12H2,1H3,(H,14,15);;;(H2,1,2,3,4);;. The molecular formula is C13H30KNaO7S. The third-order valence-electron chi connectivity index (χ3n) is 2.72. The van der Waals surface area contributed by atoms with Crippen LogP contribution in [0, 0.1) is 0 Å². The van der Waals surface area contributed by atoms with Crippen molar-refractivity contribution in [2.75, 3.05) is 6.61 Å². The molecule has 0 aliphatic rings. The Morgan fingerprint density at radius 2 is 1.17 bits per heavy atom. The van der Waals surface area contributed by atoms with E-state index in [1.165, 1.54) is 51.4 Å². The Morgan fingerprint density at radius 3 is 1.48 bits per heavy atom. The fourth-order valence-electron chi connectivity index (χ4n) is 1.75. The molecule has 0 atom stereocenters. The van der Waals surface area contributed by atoms with Crippen molar-refractivity contribution in [2.45, 2.75) is 71.1 Å². The van der Waals surface area contributed by atoms with Gasteiger partial charge in [0.15, 0.2) is 0 Å². The van der Waals surface area contributed by atoms with Crippen molar-refractivity contribution in [3.63, 3.8) is 0 Å². The first-order valence-corrected chi connectivity index (χ1v) is 8.72. The van der Waals surface area contributed by atoms with E-state index < -0.39 is 16.6 Å². The molecule has 0 aliphatic heterocycles. The number of hydrogen-bond acceptors (Lipinski definition) is 4. The molecular weight excluding hydrogens is 362 g/mol. The third-order valence-corrected chi connectivity index (χ3v) is 2.72. The molecule has 0 aromatic rings. The summed E-state index contributed by atoms with van der Waals surface area (Å²) >= 11 is 0. The Kier molecular flexibility index (Phi) is 33.5. The first-order valence-electron chi connectivity index (χ1n) is 7.33. The topological polar surface area (TPSA) is 121 Å². The maximum absolute atomic E-state index is 10.0. The number of carboxylic acid groups (broad SMARTS) is 1. The molecule has 7 nitrogen and oxygen atoms in total. The zero-order valence-electron chi connectivity index (χ0n) is 12.7. The Hall–Kier alpha value is 1.78. The van der Waals surface area contributed by atoms with Gasteiger partial charge in [0.25, 0.3) is 0 Å². The van der Waals surface area contributed by atoms with Gasteiger partial charge in [-0.1, -0.05) is 64.7 Å². The molecule has 0 aromatic carbocycles. The predicted octanol–water partition coefficient (Wildman–Crippen LogP) is 2.65. The van der Waals surface area contributed by atoms with E-state index in [1.807, 2.05) is 0 Å². The van der Waals surface area contributed by atoms with Gasteiger partial charge in [0.2, 0.25) is 0 Å². The van der Waals surface area contributed by atoms with Crippen molar-refractivity contribution in [3.05, 3.63) is 0 Å². The van der Waals surface area contributed by atoms with Gasteiger partial charge in [0, 0.05) is 0 Å². The molecule has 0 saturated heterocycles. The van der Waals surface area contributed by atoms with Gasteiger partial charge in [-0.25, -0.2) is 4.79 Å². The van der Waals surface area contributed by atoms with Crippen LogP contribution in [0.2, 0.25) is 0 Å².